The van der Waals surface area contributed by atoms with E-state index in [-0.39, 0.29) is 6.42 Å². The molecule has 1 N–H and O–H groups in total. The van der Waals surface area contributed by atoms with Crippen LogP contribution in [0.4, 0.5) is 0 Å². The first-order chi connectivity index (χ1) is 8.04. The third kappa shape index (κ3) is 4.41. The summed E-state index contributed by atoms with van der Waals surface area (Å²) in [7, 11) is 0. The zero-order valence-corrected chi connectivity index (χ0v) is 11.1. The maximum atomic E-state index is 10.6. The quantitative estimate of drug-likeness (QED) is 0.847. The average Bonchev–Trinajstić information content (AvgIpc) is 2.27. The van der Waals surface area contributed by atoms with E-state index in [2.05, 4.69) is 0 Å². The molecule has 0 aliphatic heterocycles. The summed E-state index contributed by atoms with van der Waals surface area (Å²) >= 11 is 12.0. The second-order valence-electron chi connectivity index (χ2n) is 3.70. The van der Waals surface area contributed by atoms with Gasteiger partial charge in [0.05, 0.1) is 6.42 Å². The van der Waals surface area contributed by atoms with Crippen molar-refractivity contribution in [2.75, 3.05) is 0 Å². The van der Waals surface area contributed by atoms with Gasteiger partial charge in [-0.3, -0.25) is 4.79 Å². The maximum Gasteiger partial charge on any atom is 0.307 e. The Kier molecular flexibility index (Phi) is 5.52. The lowest BCUT2D eigenvalue weighted by molar-refractivity contribution is -0.135. The predicted molar refractivity (Wildman–Crippen MR) is 71.6 cm³/mol. The van der Waals surface area contributed by atoms with Gasteiger partial charge in [0.2, 0.25) is 0 Å². The first-order valence-corrected chi connectivity index (χ1v) is 6.16. The lowest BCUT2D eigenvalue weighted by atomic mass is 10.00. The molecule has 1 rings (SSSR count). The second kappa shape index (κ2) is 6.67. The van der Waals surface area contributed by atoms with Crippen LogP contribution in [0.5, 0.6) is 0 Å². The summed E-state index contributed by atoms with van der Waals surface area (Å²) in [5, 5.41) is 9.89. The van der Waals surface area contributed by atoms with Crippen molar-refractivity contribution in [2.24, 2.45) is 0 Å². The van der Waals surface area contributed by atoms with Crippen LogP contribution in [0.2, 0.25) is 10.0 Å². The highest BCUT2D eigenvalue weighted by atomic mass is 35.5. The normalized spacial score (nSPS) is 11.6. The van der Waals surface area contributed by atoms with Gasteiger partial charge in [-0.25, -0.2) is 0 Å². The van der Waals surface area contributed by atoms with E-state index in [0.717, 1.165) is 24.0 Å². The average molecular weight is 273 g/mol. The Balaban J connectivity index is 3.08. The summed E-state index contributed by atoms with van der Waals surface area (Å²) in [6.07, 6.45) is 3.41. The fourth-order valence-corrected chi connectivity index (χ4v) is 1.98. The number of hydrogen-bond acceptors (Lipinski definition) is 1. The molecule has 0 spiro atoms. The van der Waals surface area contributed by atoms with E-state index in [1.54, 1.807) is 24.3 Å². The fraction of sp³-hybridized carbons (Fsp3) is 0.308. The Labute approximate surface area is 111 Å². The number of carboxylic acids is 1. The van der Waals surface area contributed by atoms with Crippen molar-refractivity contribution in [1.82, 2.24) is 0 Å². The van der Waals surface area contributed by atoms with Gasteiger partial charge in [0, 0.05) is 10.0 Å². The molecule has 1 aromatic carbocycles. The molecule has 0 unspecified atom stereocenters. The minimum Gasteiger partial charge on any atom is -0.481 e. The summed E-state index contributed by atoms with van der Waals surface area (Å²) in [5.74, 6) is -0.850. The molecule has 2 nitrogen and oxygen atoms in total. The van der Waals surface area contributed by atoms with Crippen LogP contribution < -0.4 is 0 Å². The lowest BCUT2D eigenvalue weighted by Crippen LogP contribution is -1.93. The Morgan fingerprint density at radius 1 is 1.41 bits per heavy atom. The SMILES string of the molecule is CCC/C(=C\CC(=O)O)c1cc(Cl)ccc1Cl. The summed E-state index contributed by atoms with van der Waals surface area (Å²) in [6, 6.07) is 5.21. The summed E-state index contributed by atoms with van der Waals surface area (Å²) in [5.41, 5.74) is 1.75. The van der Waals surface area contributed by atoms with Crippen LogP contribution >= 0.6 is 23.2 Å². The third-order valence-electron chi connectivity index (χ3n) is 2.32. The molecule has 0 aliphatic rings. The summed E-state index contributed by atoms with van der Waals surface area (Å²) < 4.78 is 0. The van der Waals surface area contributed by atoms with Crippen molar-refractivity contribution in [3.05, 3.63) is 39.9 Å². The van der Waals surface area contributed by atoms with E-state index >= 15 is 0 Å². The van der Waals surface area contributed by atoms with Gasteiger partial charge in [-0.1, -0.05) is 42.6 Å². The maximum absolute atomic E-state index is 10.6. The Morgan fingerprint density at radius 3 is 2.71 bits per heavy atom. The summed E-state index contributed by atoms with van der Waals surface area (Å²) in [4.78, 5) is 10.6. The third-order valence-corrected chi connectivity index (χ3v) is 2.88. The van der Waals surface area contributed by atoms with Crippen LogP contribution in [0.1, 0.15) is 31.7 Å². The number of rotatable bonds is 5. The molecule has 0 fully saturated rings. The minimum atomic E-state index is -0.850. The molecule has 0 amide bonds. The van der Waals surface area contributed by atoms with Crippen molar-refractivity contribution in [1.29, 1.82) is 0 Å². The van der Waals surface area contributed by atoms with Gasteiger partial charge in [-0.2, -0.15) is 0 Å². The van der Waals surface area contributed by atoms with E-state index < -0.39 is 5.97 Å². The molecule has 0 atom stereocenters. The zero-order valence-electron chi connectivity index (χ0n) is 9.54. The topological polar surface area (TPSA) is 37.3 Å². The first kappa shape index (κ1) is 14.1. The highest BCUT2D eigenvalue weighted by molar-refractivity contribution is 6.34. The number of halogens is 2. The van der Waals surface area contributed by atoms with E-state index in [1.165, 1.54) is 0 Å². The smallest absolute Gasteiger partial charge is 0.307 e. The van der Waals surface area contributed by atoms with Gasteiger partial charge in [0.25, 0.3) is 0 Å². The molecule has 0 aliphatic carbocycles. The Morgan fingerprint density at radius 2 is 2.12 bits per heavy atom. The van der Waals surface area contributed by atoms with Gasteiger partial charge in [-0.05, 0) is 35.8 Å². The van der Waals surface area contributed by atoms with E-state index in [0.29, 0.717) is 10.0 Å². The number of hydrogen-bond donors (Lipinski definition) is 1. The number of carboxylic acid groups (broad SMARTS) is 1. The van der Waals surface area contributed by atoms with Gasteiger partial charge >= 0.3 is 5.97 Å². The molecule has 1 aromatic rings. The highest BCUT2D eigenvalue weighted by Crippen LogP contribution is 2.30. The van der Waals surface area contributed by atoms with Crippen LogP contribution in [0.3, 0.4) is 0 Å². The van der Waals surface area contributed by atoms with Crippen LogP contribution in [-0.4, -0.2) is 11.1 Å². The molecule has 4 heteroatoms. The van der Waals surface area contributed by atoms with Crippen LogP contribution in [-0.2, 0) is 4.79 Å². The van der Waals surface area contributed by atoms with Crippen molar-refractivity contribution in [2.45, 2.75) is 26.2 Å². The van der Waals surface area contributed by atoms with E-state index in [1.807, 2.05) is 6.92 Å². The molecule has 0 aromatic heterocycles. The molecule has 0 bridgehead atoms. The van der Waals surface area contributed by atoms with Crippen LogP contribution in [0.15, 0.2) is 24.3 Å². The largest absolute Gasteiger partial charge is 0.481 e. The monoisotopic (exact) mass is 272 g/mol. The molecule has 92 valence electrons. The Hall–Kier alpha value is -0.990. The van der Waals surface area contributed by atoms with Gasteiger partial charge in [0.15, 0.2) is 0 Å². The van der Waals surface area contributed by atoms with Crippen molar-refractivity contribution in [3.8, 4) is 0 Å². The van der Waals surface area contributed by atoms with Gasteiger partial charge in [-0.15, -0.1) is 0 Å². The second-order valence-corrected chi connectivity index (χ2v) is 4.55. The number of benzene rings is 1. The molecule has 0 heterocycles. The van der Waals surface area contributed by atoms with Gasteiger partial charge in [0.1, 0.15) is 0 Å². The van der Waals surface area contributed by atoms with E-state index in [9.17, 15) is 4.79 Å². The van der Waals surface area contributed by atoms with Crippen molar-refractivity contribution in [3.63, 3.8) is 0 Å². The van der Waals surface area contributed by atoms with Gasteiger partial charge < -0.3 is 5.11 Å². The van der Waals surface area contributed by atoms with Crippen LogP contribution in [0.25, 0.3) is 5.57 Å². The number of carbonyl (C=O) groups is 1. The highest BCUT2D eigenvalue weighted by Gasteiger charge is 2.07. The number of aliphatic carboxylic acids is 1. The molecule has 0 saturated heterocycles. The Bertz CT molecular complexity index is 439. The van der Waals surface area contributed by atoms with Crippen LogP contribution in [0, 0.1) is 0 Å². The molecule has 17 heavy (non-hydrogen) atoms. The molecule has 0 saturated carbocycles. The zero-order chi connectivity index (χ0) is 12.8. The van der Waals surface area contributed by atoms with E-state index in [4.69, 9.17) is 28.3 Å². The summed E-state index contributed by atoms with van der Waals surface area (Å²) in [6.45, 7) is 2.03. The van der Waals surface area contributed by atoms with Crippen molar-refractivity contribution < 1.29 is 9.90 Å². The first-order valence-electron chi connectivity index (χ1n) is 5.40. The predicted octanol–water partition coefficient (Wildman–Crippen LogP) is 4.65. The number of allylic oxidation sites excluding steroid dienone is 1. The van der Waals surface area contributed by atoms with Crippen molar-refractivity contribution >= 4 is 34.7 Å². The molecular formula is C13H14Cl2O2. The standard InChI is InChI=1S/C13H14Cl2O2/c1-2-3-9(4-7-13(16)17)11-8-10(14)5-6-12(11)15/h4-6,8H,2-3,7H2,1H3,(H,16,17)/b9-4+. The minimum absolute atomic E-state index is 0.00181. The molecule has 0 radical (unpaired) electrons. The lowest BCUT2D eigenvalue weighted by Gasteiger charge is -2.09. The molecular weight excluding hydrogens is 259 g/mol. The fourth-order valence-electron chi connectivity index (χ4n) is 1.57.